The van der Waals surface area contributed by atoms with Crippen LogP contribution in [0.4, 0.5) is 23.1 Å². The summed E-state index contributed by atoms with van der Waals surface area (Å²) in [7, 11) is 4.70. The summed E-state index contributed by atoms with van der Waals surface area (Å²) in [6.45, 7) is 0. The molecule has 0 aliphatic heterocycles. The molecule has 0 unspecified atom stereocenters. The van der Waals surface area contributed by atoms with Gasteiger partial charge in [0.25, 0.3) is 0 Å². The van der Waals surface area contributed by atoms with Gasteiger partial charge >= 0.3 is 0 Å². The molecule has 0 bridgehead atoms. The van der Waals surface area contributed by atoms with E-state index in [-0.39, 0.29) is 0 Å². The molecule has 3 N–H and O–H groups in total. The van der Waals surface area contributed by atoms with Crippen molar-refractivity contribution in [3.63, 3.8) is 0 Å². The van der Waals surface area contributed by atoms with Crippen LogP contribution in [0.15, 0.2) is 48.8 Å². The quantitative estimate of drug-likeness (QED) is 0.435. The molecule has 0 atom stereocenters. The average molecular weight is 392 g/mol. The van der Waals surface area contributed by atoms with Crippen LogP contribution in [0, 0.1) is 0 Å². The zero-order valence-corrected chi connectivity index (χ0v) is 16.2. The summed E-state index contributed by atoms with van der Waals surface area (Å²) in [5.41, 5.74) is 2.80. The molecule has 29 heavy (non-hydrogen) atoms. The number of hydrogen-bond acceptors (Lipinski definition) is 8. The number of methoxy groups -OCH3 is 3. The van der Waals surface area contributed by atoms with Crippen LogP contribution in [0.3, 0.4) is 0 Å². The lowest BCUT2D eigenvalue weighted by Gasteiger charge is -2.15. The van der Waals surface area contributed by atoms with Crippen molar-refractivity contribution < 1.29 is 14.2 Å². The Morgan fingerprint density at radius 3 is 2.21 bits per heavy atom. The largest absolute Gasteiger partial charge is 0.493 e. The minimum absolute atomic E-state index is 0.422. The molecule has 0 saturated heterocycles. The van der Waals surface area contributed by atoms with Crippen LogP contribution < -0.4 is 24.8 Å². The summed E-state index contributed by atoms with van der Waals surface area (Å²) < 4.78 is 16.2. The number of benzene rings is 2. The molecule has 9 heteroatoms. The van der Waals surface area contributed by atoms with Crippen molar-refractivity contribution in [1.29, 1.82) is 0 Å². The van der Waals surface area contributed by atoms with Crippen molar-refractivity contribution >= 4 is 34.3 Å². The van der Waals surface area contributed by atoms with Gasteiger partial charge < -0.3 is 29.8 Å². The van der Waals surface area contributed by atoms with Gasteiger partial charge in [0.2, 0.25) is 11.7 Å². The van der Waals surface area contributed by atoms with Crippen LogP contribution in [-0.2, 0) is 0 Å². The molecule has 0 aliphatic carbocycles. The Morgan fingerprint density at radius 1 is 0.828 bits per heavy atom. The van der Waals surface area contributed by atoms with Crippen LogP contribution in [0.5, 0.6) is 17.2 Å². The van der Waals surface area contributed by atoms with Crippen LogP contribution >= 0.6 is 0 Å². The standard InChI is InChI=1S/C20H20N6O3/c1-27-14-9-13(10-15(28-2)17(14)29-3)23-19-16-18(22-11-21-16)25-20(26-19)24-12-7-5-4-6-8-12/h4-11H,1-3H3,(H3,21,22,23,24,25,26). The fourth-order valence-corrected chi connectivity index (χ4v) is 2.92. The Labute approximate surface area is 167 Å². The van der Waals surface area contributed by atoms with Crippen LogP contribution in [0.2, 0.25) is 0 Å². The molecule has 2 heterocycles. The van der Waals surface area contributed by atoms with Gasteiger partial charge in [-0.1, -0.05) is 18.2 Å². The number of para-hydroxylation sites is 1. The van der Waals surface area contributed by atoms with Crippen LogP contribution in [0.25, 0.3) is 11.2 Å². The molecule has 9 nitrogen and oxygen atoms in total. The van der Waals surface area contributed by atoms with E-state index >= 15 is 0 Å². The number of aromatic amines is 1. The summed E-state index contributed by atoms with van der Waals surface area (Å²) in [4.78, 5) is 16.4. The third-order valence-corrected chi connectivity index (χ3v) is 4.24. The Morgan fingerprint density at radius 2 is 1.55 bits per heavy atom. The zero-order chi connectivity index (χ0) is 20.2. The summed E-state index contributed by atoms with van der Waals surface area (Å²) in [6, 6.07) is 13.3. The van der Waals surface area contributed by atoms with Gasteiger partial charge in [0, 0.05) is 23.5 Å². The number of fused-ring (bicyclic) bond motifs is 1. The lowest BCUT2D eigenvalue weighted by molar-refractivity contribution is 0.324. The van der Waals surface area contributed by atoms with Crippen molar-refractivity contribution in [2.24, 2.45) is 0 Å². The summed E-state index contributed by atoms with van der Waals surface area (Å²) in [5.74, 6) is 2.56. The van der Waals surface area contributed by atoms with Gasteiger partial charge in [0.1, 0.15) is 5.52 Å². The second kappa shape index (κ2) is 7.93. The van der Waals surface area contributed by atoms with Gasteiger partial charge in [-0.2, -0.15) is 9.97 Å². The monoisotopic (exact) mass is 392 g/mol. The molecule has 0 spiro atoms. The number of nitrogens with zero attached hydrogens (tertiary/aromatic N) is 3. The van der Waals surface area contributed by atoms with E-state index in [1.54, 1.807) is 39.8 Å². The van der Waals surface area contributed by atoms with Crippen LogP contribution in [-0.4, -0.2) is 41.3 Å². The predicted molar refractivity (Wildman–Crippen MR) is 111 cm³/mol. The predicted octanol–water partition coefficient (Wildman–Crippen LogP) is 3.87. The van der Waals surface area contributed by atoms with Gasteiger partial charge in [-0.15, -0.1) is 0 Å². The molecule has 0 radical (unpaired) electrons. The number of H-pyrrole nitrogens is 1. The van der Waals surface area contributed by atoms with Gasteiger partial charge in [0.15, 0.2) is 23.0 Å². The first-order chi connectivity index (χ1) is 14.2. The molecular formula is C20H20N6O3. The number of ether oxygens (including phenoxy) is 3. The smallest absolute Gasteiger partial charge is 0.231 e. The van der Waals surface area contributed by atoms with E-state index in [1.165, 1.54) is 0 Å². The van der Waals surface area contributed by atoms with E-state index in [0.29, 0.717) is 45.9 Å². The van der Waals surface area contributed by atoms with Crippen LogP contribution in [0.1, 0.15) is 0 Å². The van der Waals surface area contributed by atoms with Gasteiger partial charge in [-0.3, -0.25) is 0 Å². The minimum Gasteiger partial charge on any atom is -0.493 e. The number of nitrogens with one attached hydrogen (secondary N) is 3. The van der Waals surface area contributed by atoms with Crippen molar-refractivity contribution in [3.8, 4) is 17.2 Å². The first-order valence-corrected chi connectivity index (χ1v) is 8.82. The van der Waals surface area contributed by atoms with Gasteiger partial charge in [-0.05, 0) is 12.1 Å². The zero-order valence-electron chi connectivity index (χ0n) is 16.2. The molecule has 148 valence electrons. The third kappa shape index (κ3) is 3.70. The van der Waals surface area contributed by atoms with Gasteiger partial charge in [0.05, 0.1) is 27.7 Å². The average Bonchev–Trinajstić information content (AvgIpc) is 3.22. The first-order valence-electron chi connectivity index (χ1n) is 8.82. The fraction of sp³-hybridized carbons (Fsp3) is 0.150. The molecule has 2 aromatic heterocycles. The van der Waals surface area contributed by atoms with E-state index in [0.717, 1.165) is 5.69 Å². The second-order valence-corrected chi connectivity index (χ2v) is 6.03. The van der Waals surface area contributed by atoms with Crippen molar-refractivity contribution in [2.75, 3.05) is 32.0 Å². The second-order valence-electron chi connectivity index (χ2n) is 6.03. The summed E-state index contributed by atoms with van der Waals surface area (Å²) in [5, 5.41) is 6.47. The Bertz CT molecular complexity index is 1100. The highest BCUT2D eigenvalue weighted by atomic mass is 16.5. The topological polar surface area (TPSA) is 106 Å². The summed E-state index contributed by atoms with van der Waals surface area (Å²) in [6.07, 6.45) is 1.58. The lowest BCUT2D eigenvalue weighted by atomic mass is 10.2. The molecule has 0 aliphatic rings. The SMILES string of the molecule is COc1cc(Nc2nc(Nc3ccccc3)nc3nc[nH]c23)cc(OC)c1OC. The highest BCUT2D eigenvalue weighted by Gasteiger charge is 2.16. The molecule has 4 aromatic rings. The number of rotatable bonds is 7. The van der Waals surface area contributed by atoms with Crippen molar-refractivity contribution in [2.45, 2.75) is 0 Å². The lowest BCUT2D eigenvalue weighted by Crippen LogP contribution is -2.03. The number of hydrogen-bond donors (Lipinski definition) is 3. The number of imidazole rings is 1. The fourth-order valence-electron chi connectivity index (χ4n) is 2.92. The Balaban J connectivity index is 1.73. The highest BCUT2D eigenvalue weighted by molar-refractivity contribution is 5.87. The van der Waals surface area contributed by atoms with E-state index in [1.807, 2.05) is 30.3 Å². The van der Waals surface area contributed by atoms with E-state index in [2.05, 4.69) is 30.6 Å². The third-order valence-electron chi connectivity index (χ3n) is 4.24. The maximum Gasteiger partial charge on any atom is 0.231 e. The van der Waals surface area contributed by atoms with Crippen molar-refractivity contribution in [3.05, 3.63) is 48.8 Å². The number of aromatic nitrogens is 4. The first kappa shape index (κ1) is 18.4. The Hall–Kier alpha value is -4.01. The molecule has 0 saturated carbocycles. The van der Waals surface area contributed by atoms with Crippen molar-refractivity contribution in [1.82, 2.24) is 19.9 Å². The molecule has 4 rings (SSSR count). The highest BCUT2D eigenvalue weighted by Crippen LogP contribution is 2.40. The Kier molecular flexibility index (Phi) is 5.02. The molecule has 2 aromatic carbocycles. The maximum atomic E-state index is 5.42. The van der Waals surface area contributed by atoms with E-state index in [4.69, 9.17) is 14.2 Å². The molecule has 0 fully saturated rings. The summed E-state index contributed by atoms with van der Waals surface area (Å²) >= 11 is 0. The van der Waals surface area contributed by atoms with E-state index < -0.39 is 0 Å². The molecule has 0 amide bonds. The maximum absolute atomic E-state index is 5.42. The normalized spacial score (nSPS) is 10.6. The van der Waals surface area contributed by atoms with E-state index in [9.17, 15) is 0 Å². The number of anilines is 4. The molecular weight excluding hydrogens is 372 g/mol. The minimum atomic E-state index is 0.422. The van der Waals surface area contributed by atoms with Gasteiger partial charge in [-0.25, -0.2) is 4.98 Å².